The van der Waals surface area contributed by atoms with Crippen LogP contribution in [-0.4, -0.2) is 11.7 Å². The van der Waals surface area contributed by atoms with Crippen molar-refractivity contribution < 1.29 is 5.11 Å². The number of benzene rings is 2. The number of phenols is 1. The topological polar surface area (TPSA) is 46.2 Å². The van der Waals surface area contributed by atoms with Gasteiger partial charge < -0.3 is 10.8 Å². The van der Waals surface area contributed by atoms with Gasteiger partial charge in [-0.05, 0) is 28.5 Å². The normalized spacial score (nSPS) is 11.9. The van der Waals surface area contributed by atoms with E-state index in [1.165, 1.54) is 5.56 Å². The van der Waals surface area contributed by atoms with E-state index in [9.17, 15) is 5.11 Å². The number of nitrogens with two attached hydrogens (primary N) is 1. The van der Waals surface area contributed by atoms with Gasteiger partial charge in [0.05, 0.1) is 0 Å². The molecule has 0 aliphatic heterocycles. The molecule has 0 amide bonds. The quantitative estimate of drug-likeness (QED) is 0.809. The molecule has 2 rings (SSSR count). The van der Waals surface area contributed by atoms with Gasteiger partial charge in [0.15, 0.2) is 0 Å². The maximum Gasteiger partial charge on any atom is 0.116 e. The van der Waals surface area contributed by atoms with Crippen LogP contribution in [0.5, 0.6) is 5.75 Å². The lowest BCUT2D eigenvalue weighted by Crippen LogP contribution is -2.27. The summed E-state index contributed by atoms with van der Waals surface area (Å²) in [7, 11) is 0. The van der Waals surface area contributed by atoms with Crippen molar-refractivity contribution in [3.05, 3.63) is 42.0 Å². The van der Waals surface area contributed by atoms with Crippen molar-refractivity contribution in [2.75, 3.05) is 6.54 Å². The highest BCUT2D eigenvalue weighted by molar-refractivity contribution is 5.84. The first-order valence-electron chi connectivity index (χ1n) is 5.46. The first-order chi connectivity index (χ1) is 7.53. The van der Waals surface area contributed by atoms with Crippen molar-refractivity contribution >= 4 is 10.8 Å². The van der Waals surface area contributed by atoms with Crippen molar-refractivity contribution in [2.24, 2.45) is 5.73 Å². The third kappa shape index (κ3) is 1.89. The Morgan fingerprint density at radius 2 is 1.75 bits per heavy atom. The molecule has 2 aromatic carbocycles. The minimum Gasteiger partial charge on any atom is -0.508 e. The van der Waals surface area contributed by atoms with Gasteiger partial charge in [-0.1, -0.05) is 38.1 Å². The molecule has 0 aliphatic carbocycles. The maximum absolute atomic E-state index is 9.46. The summed E-state index contributed by atoms with van der Waals surface area (Å²) in [5.74, 6) is 0.301. The highest BCUT2D eigenvalue weighted by Crippen LogP contribution is 2.27. The molecule has 0 saturated heterocycles. The van der Waals surface area contributed by atoms with Gasteiger partial charge in [0, 0.05) is 12.0 Å². The molecule has 2 heteroatoms. The minimum atomic E-state index is -0.0281. The lowest BCUT2D eigenvalue weighted by Gasteiger charge is -2.23. The summed E-state index contributed by atoms with van der Waals surface area (Å²) in [4.78, 5) is 0. The molecule has 0 fully saturated rings. The van der Waals surface area contributed by atoms with Crippen molar-refractivity contribution in [1.82, 2.24) is 0 Å². The molecule has 16 heavy (non-hydrogen) atoms. The number of hydrogen-bond donors (Lipinski definition) is 2. The molecule has 0 aliphatic rings. The van der Waals surface area contributed by atoms with Gasteiger partial charge in [0.1, 0.15) is 5.75 Å². The summed E-state index contributed by atoms with van der Waals surface area (Å²) in [6.45, 7) is 4.85. The molecule has 0 radical (unpaired) electrons. The Hall–Kier alpha value is -1.54. The Balaban J connectivity index is 2.59. The smallest absolute Gasteiger partial charge is 0.116 e. The molecule has 3 N–H and O–H groups in total. The highest BCUT2D eigenvalue weighted by atomic mass is 16.3. The predicted molar refractivity (Wildman–Crippen MR) is 67.7 cm³/mol. The molecule has 0 unspecified atom stereocenters. The van der Waals surface area contributed by atoms with E-state index in [2.05, 4.69) is 32.0 Å². The monoisotopic (exact) mass is 215 g/mol. The number of aromatic hydroxyl groups is 1. The van der Waals surface area contributed by atoms with Crippen LogP contribution in [0.25, 0.3) is 10.8 Å². The molecule has 84 valence electrons. The lowest BCUT2D eigenvalue weighted by atomic mass is 9.84. The molecule has 0 atom stereocenters. The third-order valence-corrected chi connectivity index (χ3v) is 3.12. The van der Waals surface area contributed by atoms with Crippen molar-refractivity contribution in [2.45, 2.75) is 19.3 Å². The fraction of sp³-hybridized carbons (Fsp3) is 0.286. The van der Waals surface area contributed by atoms with E-state index in [1.54, 1.807) is 12.1 Å². The van der Waals surface area contributed by atoms with E-state index in [0.29, 0.717) is 12.3 Å². The first-order valence-corrected chi connectivity index (χ1v) is 5.46. The van der Waals surface area contributed by atoms with Crippen LogP contribution < -0.4 is 5.73 Å². The standard InChI is InChI=1S/C14H17NO/c1-14(2,9-15)12-5-3-10-4-6-13(16)8-11(10)7-12/h3-8,16H,9,15H2,1-2H3. The highest BCUT2D eigenvalue weighted by Gasteiger charge is 2.18. The summed E-state index contributed by atoms with van der Waals surface area (Å²) in [6, 6.07) is 11.7. The second-order valence-electron chi connectivity index (χ2n) is 4.83. The fourth-order valence-electron chi connectivity index (χ4n) is 1.77. The van der Waals surface area contributed by atoms with Crippen molar-refractivity contribution in [1.29, 1.82) is 0 Å². The Morgan fingerprint density at radius 1 is 1.06 bits per heavy atom. The predicted octanol–water partition coefficient (Wildman–Crippen LogP) is 2.78. The van der Waals surface area contributed by atoms with Gasteiger partial charge in [0.25, 0.3) is 0 Å². The van der Waals surface area contributed by atoms with Gasteiger partial charge >= 0.3 is 0 Å². The molecule has 0 bridgehead atoms. The van der Waals surface area contributed by atoms with Crippen LogP contribution in [-0.2, 0) is 5.41 Å². The van der Waals surface area contributed by atoms with Gasteiger partial charge in [0.2, 0.25) is 0 Å². The number of phenolic OH excluding ortho intramolecular Hbond substituents is 1. The summed E-state index contributed by atoms with van der Waals surface area (Å²) in [6.07, 6.45) is 0. The average Bonchev–Trinajstić information content (AvgIpc) is 2.28. The van der Waals surface area contributed by atoms with Crippen LogP contribution in [0.1, 0.15) is 19.4 Å². The van der Waals surface area contributed by atoms with Gasteiger partial charge in [-0.2, -0.15) is 0 Å². The van der Waals surface area contributed by atoms with E-state index >= 15 is 0 Å². The van der Waals surface area contributed by atoms with E-state index in [-0.39, 0.29) is 5.41 Å². The third-order valence-electron chi connectivity index (χ3n) is 3.12. The van der Waals surface area contributed by atoms with E-state index in [0.717, 1.165) is 10.8 Å². The molecule has 0 heterocycles. The number of hydrogen-bond acceptors (Lipinski definition) is 2. The van der Waals surface area contributed by atoms with Gasteiger partial charge in [-0.15, -0.1) is 0 Å². The number of rotatable bonds is 2. The SMILES string of the molecule is CC(C)(CN)c1ccc2ccc(O)cc2c1. The zero-order chi connectivity index (χ0) is 11.8. The fourth-order valence-corrected chi connectivity index (χ4v) is 1.77. The second kappa shape index (κ2) is 3.80. The zero-order valence-electron chi connectivity index (χ0n) is 9.70. The van der Waals surface area contributed by atoms with Crippen LogP contribution in [0.15, 0.2) is 36.4 Å². The summed E-state index contributed by atoms with van der Waals surface area (Å²) in [5.41, 5.74) is 6.94. The Kier molecular flexibility index (Phi) is 2.60. The van der Waals surface area contributed by atoms with Gasteiger partial charge in [-0.3, -0.25) is 0 Å². The Bertz CT molecular complexity index is 517. The van der Waals surface area contributed by atoms with E-state index < -0.39 is 0 Å². The van der Waals surface area contributed by atoms with E-state index in [1.807, 2.05) is 6.07 Å². The molecular formula is C14H17NO. The summed E-state index contributed by atoms with van der Waals surface area (Å²) < 4.78 is 0. The molecule has 0 aromatic heterocycles. The second-order valence-corrected chi connectivity index (χ2v) is 4.83. The van der Waals surface area contributed by atoms with Crippen LogP contribution in [0.2, 0.25) is 0 Å². The first kappa shape index (κ1) is 11.0. The molecular weight excluding hydrogens is 198 g/mol. The summed E-state index contributed by atoms with van der Waals surface area (Å²) >= 11 is 0. The molecule has 2 aromatic rings. The van der Waals surface area contributed by atoms with Crippen LogP contribution >= 0.6 is 0 Å². The maximum atomic E-state index is 9.46. The van der Waals surface area contributed by atoms with Crippen molar-refractivity contribution in [3.8, 4) is 5.75 Å². The van der Waals surface area contributed by atoms with Crippen LogP contribution in [0.3, 0.4) is 0 Å². The number of fused-ring (bicyclic) bond motifs is 1. The molecule has 0 spiro atoms. The Labute approximate surface area is 95.7 Å². The lowest BCUT2D eigenvalue weighted by molar-refractivity contribution is 0.476. The van der Waals surface area contributed by atoms with Crippen LogP contribution in [0.4, 0.5) is 0 Å². The minimum absolute atomic E-state index is 0.0281. The van der Waals surface area contributed by atoms with Crippen molar-refractivity contribution in [3.63, 3.8) is 0 Å². The largest absolute Gasteiger partial charge is 0.508 e. The molecule has 2 nitrogen and oxygen atoms in total. The van der Waals surface area contributed by atoms with Crippen LogP contribution in [0, 0.1) is 0 Å². The zero-order valence-corrected chi connectivity index (χ0v) is 9.70. The Morgan fingerprint density at radius 3 is 2.44 bits per heavy atom. The van der Waals surface area contributed by atoms with Gasteiger partial charge in [-0.25, -0.2) is 0 Å². The average molecular weight is 215 g/mol. The summed E-state index contributed by atoms with van der Waals surface area (Å²) in [5, 5.41) is 11.6. The van der Waals surface area contributed by atoms with E-state index in [4.69, 9.17) is 5.73 Å². The molecule has 0 saturated carbocycles.